The molecule has 0 fully saturated rings. The van der Waals surface area contributed by atoms with Crippen molar-refractivity contribution in [2.75, 3.05) is 13.2 Å². The quantitative estimate of drug-likeness (QED) is 0.0261. The Balaban J connectivity index is 4.16. The second-order valence-corrected chi connectivity index (χ2v) is 21.3. The van der Waals surface area contributed by atoms with E-state index in [0.29, 0.717) is 19.3 Å². The lowest BCUT2D eigenvalue weighted by molar-refractivity contribution is -0.167. The van der Waals surface area contributed by atoms with Gasteiger partial charge in [0.25, 0.3) is 0 Å². The lowest BCUT2D eigenvalue weighted by Gasteiger charge is -2.18. The Bertz CT molecular complexity index is 1560. The molecule has 0 aromatic heterocycles. The number of ether oxygens (including phenoxy) is 3. The van der Waals surface area contributed by atoms with Gasteiger partial charge in [-0.2, -0.15) is 0 Å². The minimum absolute atomic E-state index is 0.0866. The fraction of sp³-hybridized carbons (Fsp3) is 0.704. The van der Waals surface area contributed by atoms with Crippen molar-refractivity contribution >= 4 is 17.9 Å². The molecule has 0 aromatic rings. The second-order valence-electron chi connectivity index (χ2n) is 21.3. The van der Waals surface area contributed by atoms with Crippen LogP contribution >= 0.6 is 0 Å². The van der Waals surface area contributed by atoms with Gasteiger partial charge >= 0.3 is 17.9 Å². The summed E-state index contributed by atoms with van der Waals surface area (Å²) in [7, 11) is 0. The molecule has 0 N–H and O–H groups in total. The van der Waals surface area contributed by atoms with E-state index in [1.54, 1.807) is 0 Å². The van der Waals surface area contributed by atoms with Gasteiger partial charge in [0, 0.05) is 19.3 Å². The van der Waals surface area contributed by atoms with Crippen LogP contribution in [0.1, 0.15) is 303 Å². The molecule has 6 nitrogen and oxygen atoms in total. The molecule has 0 radical (unpaired) electrons. The third kappa shape index (κ3) is 62.8. The van der Waals surface area contributed by atoms with Crippen LogP contribution in [-0.2, 0) is 28.6 Å². The van der Waals surface area contributed by atoms with Crippen LogP contribution < -0.4 is 0 Å². The lowest BCUT2D eigenvalue weighted by Crippen LogP contribution is -2.30. The van der Waals surface area contributed by atoms with Crippen LogP contribution in [-0.4, -0.2) is 37.2 Å². The molecule has 0 rings (SSSR count). The van der Waals surface area contributed by atoms with E-state index < -0.39 is 6.10 Å². The van der Waals surface area contributed by atoms with E-state index in [1.807, 2.05) is 0 Å². The number of esters is 3. The normalized spacial score (nSPS) is 12.8. The Labute approximate surface area is 476 Å². The Morgan fingerprint density at radius 1 is 0.273 bits per heavy atom. The van der Waals surface area contributed by atoms with Gasteiger partial charge in [0.15, 0.2) is 6.10 Å². The SMILES string of the molecule is CC/C=C\C/C=C\C/C=C\C/C=C\C/C=C\C/C=C\CCCCCCCCCCCCCCCCC(=O)OCC(COC(=O)CCCCCCCCCCCCCCC)OC(=O)CCCCC/C=C\C/C=C\C/C=C\CC. The van der Waals surface area contributed by atoms with E-state index in [2.05, 4.69) is 130 Å². The summed E-state index contributed by atoms with van der Waals surface area (Å²) < 4.78 is 16.9. The van der Waals surface area contributed by atoms with E-state index in [1.165, 1.54) is 141 Å². The lowest BCUT2D eigenvalue weighted by atomic mass is 10.0. The molecule has 0 aromatic carbocycles. The number of hydrogen-bond acceptors (Lipinski definition) is 6. The van der Waals surface area contributed by atoms with E-state index in [0.717, 1.165) is 122 Å². The highest BCUT2D eigenvalue weighted by atomic mass is 16.6. The first kappa shape index (κ1) is 73.1. The molecule has 1 unspecified atom stereocenters. The number of unbranched alkanes of at least 4 members (excludes halogenated alkanes) is 29. The largest absolute Gasteiger partial charge is 0.462 e. The van der Waals surface area contributed by atoms with E-state index >= 15 is 0 Å². The summed E-state index contributed by atoms with van der Waals surface area (Å²) >= 11 is 0. The predicted octanol–water partition coefficient (Wildman–Crippen LogP) is 22.2. The summed E-state index contributed by atoms with van der Waals surface area (Å²) in [4.78, 5) is 38.2. The highest BCUT2D eigenvalue weighted by Crippen LogP contribution is 2.16. The van der Waals surface area contributed by atoms with Gasteiger partial charge in [-0.15, -0.1) is 0 Å². The molecule has 0 saturated heterocycles. The highest BCUT2D eigenvalue weighted by Gasteiger charge is 2.19. The van der Waals surface area contributed by atoms with Crippen molar-refractivity contribution in [2.24, 2.45) is 0 Å². The van der Waals surface area contributed by atoms with Crippen LogP contribution in [0.3, 0.4) is 0 Å². The fourth-order valence-corrected chi connectivity index (χ4v) is 8.99. The monoisotopic (exact) mass is 1070 g/mol. The first-order valence-electron chi connectivity index (χ1n) is 32.4. The van der Waals surface area contributed by atoms with Gasteiger partial charge in [-0.25, -0.2) is 0 Å². The zero-order valence-corrected chi connectivity index (χ0v) is 50.4. The first-order valence-corrected chi connectivity index (χ1v) is 32.4. The Hall–Kier alpha value is -3.93. The molecule has 0 heterocycles. The molecular weight excluding hydrogens is 949 g/mol. The summed E-state index contributed by atoms with van der Waals surface area (Å²) in [5.41, 5.74) is 0. The topological polar surface area (TPSA) is 78.9 Å². The average Bonchev–Trinajstić information content (AvgIpc) is 3.43. The molecule has 0 aliphatic carbocycles. The Morgan fingerprint density at radius 3 is 0.805 bits per heavy atom. The number of hydrogen-bond donors (Lipinski definition) is 0. The van der Waals surface area contributed by atoms with Crippen molar-refractivity contribution in [1.82, 2.24) is 0 Å². The maximum absolute atomic E-state index is 12.8. The highest BCUT2D eigenvalue weighted by molar-refractivity contribution is 5.71. The minimum atomic E-state index is -0.792. The van der Waals surface area contributed by atoms with Crippen LogP contribution in [0.15, 0.2) is 109 Å². The zero-order valence-electron chi connectivity index (χ0n) is 50.4. The molecule has 77 heavy (non-hydrogen) atoms. The number of allylic oxidation sites excluding steroid dienone is 18. The molecule has 0 aliphatic rings. The fourth-order valence-electron chi connectivity index (χ4n) is 8.99. The number of carbonyl (C=O) groups excluding carboxylic acids is 3. The van der Waals surface area contributed by atoms with Gasteiger partial charge < -0.3 is 14.2 Å². The molecule has 6 heteroatoms. The van der Waals surface area contributed by atoms with Gasteiger partial charge in [-0.3, -0.25) is 14.4 Å². The molecule has 0 aliphatic heterocycles. The molecule has 0 amide bonds. The molecule has 1 atom stereocenters. The summed E-state index contributed by atoms with van der Waals surface area (Å²) in [6, 6.07) is 0. The third-order valence-electron chi connectivity index (χ3n) is 13.8. The van der Waals surface area contributed by atoms with Crippen LogP contribution in [0.25, 0.3) is 0 Å². The molecule has 0 saturated carbocycles. The maximum atomic E-state index is 12.8. The molecule has 0 bridgehead atoms. The predicted molar refractivity (Wildman–Crippen MR) is 334 cm³/mol. The van der Waals surface area contributed by atoms with Gasteiger partial charge in [0.1, 0.15) is 13.2 Å². The standard InChI is InChI=1S/C71H120O6/c1-4-7-10-13-16-19-22-25-26-27-28-29-30-31-32-33-34-35-36-37-38-39-40-41-42-43-44-47-49-52-55-58-61-64-70(73)76-67-68(77-71(74)65-62-59-56-53-50-46-24-21-18-15-12-9-6-3)66-75-69(72)63-60-57-54-51-48-45-23-20-17-14-11-8-5-2/h7,9-10,12,16,18-19,21,25-26,28-29,31-32,34-35,46,50,68H,4-6,8,11,13-15,17,20,22-24,27,30,33,36-45,47-49,51-67H2,1-3H3/b10-7-,12-9-,19-16-,21-18-,26-25-,29-28-,32-31-,35-34-,50-46-. The van der Waals surface area contributed by atoms with Crippen LogP contribution in [0.2, 0.25) is 0 Å². The van der Waals surface area contributed by atoms with Crippen molar-refractivity contribution in [3.63, 3.8) is 0 Å². The number of carbonyl (C=O) groups is 3. The summed E-state index contributed by atoms with van der Waals surface area (Å²) in [5.74, 6) is -0.909. The van der Waals surface area contributed by atoms with Gasteiger partial charge in [-0.05, 0) is 103 Å². The van der Waals surface area contributed by atoms with Crippen molar-refractivity contribution in [3.05, 3.63) is 109 Å². The van der Waals surface area contributed by atoms with E-state index in [9.17, 15) is 14.4 Å². The number of rotatable bonds is 58. The summed E-state index contributed by atoms with van der Waals surface area (Å²) in [6.45, 7) is 6.40. The van der Waals surface area contributed by atoms with Crippen LogP contribution in [0.4, 0.5) is 0 Å². The second kappa shape index (κ2) is 64.6. The maximum Gasteiger partial charge on any atom is 0.306 e. The van der Waals surface area contributed by atoms with Gasteiger partial charge in [0.2, 0.25) is 0 Å². The molecule has 0 spiro atoms. The Morgan fingerprint density at radius 2 is 0.506 bits per heavy atom. The summed E-state index contributed by atoms with van der Waals surface area (Å²) in [6.07, 6.45) is 88.3. The van der Waals surface area contributed by atoms with Gasteiger partial charge in [-0.1, -0.05) is 291 Å². The van der Waals surface area contributed by atoms with Crippen molar-refractivity contribution in [1.29, 1.82) is 0 Å². The van der Waals surface area contributed by atoms with E-state index in [4.69, 9.17) is 14.2 Å². The average molecular weight is 1070 g/mol. The van der Waals surface area contributed by atoms with Crippen LogP contribution in [0, 0.1) is 0 Å². The third-order valence-corrected chi connectivity index (χ3v) is 13.8. The Kier molecular flexibility index (Phi) is 61.3. The van der Waals surface area contributed by atoms with Crippen molar-refractivity contribution < 1.29 is 28.6 Å². The minimum Gasteiger partial charge on any atom is -0.462 e. The first-order chi connectivity index (χ1) is 38.0. The molecule has 440 valence electrons. The van der Waals surface area contributed by atoms with Crippen molar-refractivity contribution in [2.45, 2.75) is 309 Å². The van der Waals surface area contributed by atoms with Gasteiger partial charge in [0.05, 0.1) is 0 Å². The van der Waals surface area contributed by atoms with E-state index in [-0.39, 0.29) is 31.1 Å². The van der Waals surface area contributed by atoms with Crippen molar-refractivity contribution in [3.8, 4) is 0 Å². The van der Waals surface area contributed by atoms with Crippen LogP contribution in [0.5, 0.6) is 0 Å². The summed E-state index contributed by atoms with van der Waals surface area (Å²) in [5, 5.41) is 0. The smallest absolute Gasteiger partial charge is 0.306 e. The zero-order chi connectivity index (χ0) is 55.7. The molecular formula is C71H120O6.